The lowest BCUT2D eigenvalue weighted by Gasteiger charge is -2.37. The Kier molecular flexibility index (Phi) is 3.81. The second-order valence-corrected chi connectivity index (χ2v) is 8.09. The van der Waals surface area contributed by atoms with Crippen LogP contribution < -0.4 is 10.2 Å². The molecule has 1 aromatic carbocycles. The van der Waals surface area contributed by atoms with Crippen LogP contribution in [0.4, 0.5) is 17.5 Å². The van der Waals surface area contributed by atoms with Crippen LogP contribution in [0.5, 0.6) is 0 Å². The van der Waals surface area contributed by atoms with Crippen molar-refractivity contribution in [3.05, 3.63) is 41.6 Å². The molecule has 5 rings (SSSR count). The number of hydrogen-bond donors (Lipinski definition) is 1. The van der Waals surface area contributed by atoms with Gasteiger partial charge in [0.05, 0.1) is 11.7 Å². The van der Waals surface area contributed by atoms with Gasteiger partial charge in [-0.3, -0.25) is 4.79 Å². The van der Waals surface area contributed by atoms with E-state index >= 15 is 0 Å². The van der Waals surface area contributed by atoms with E-state index in [0.29, 0.717) is 17.9 Å². The van der Waals surface area contributed by atoms with Crippen LogP contribution in [-0.4, -0.2) is 40.9 Å². The molecule has 1 saturated carbocycles. The summed E-state index contributed by atoms with van der Waals surface area (Å²) < 4.78 is 0. The zero-order chi connectivity index (χ0) is 18.5. The molecule has 0 unspecified atom stereocenters. The van der Waals surface area contributed by atoms with Crippen molar-refractivity contribution in [1.29, 1.82) is 0 Å². The maximum Gasteiger partial charge on any atom is 0.227 e. The van der Waals surface area contributed by atoms with Crippen molar-refractivity contribution in [2.45, 2.75) is 44.2 Å². The van der Waals surface area contributed by atoms with E-state index in [4.69, 9.17) is 9.97 Å². The summed E-state index contributed by atoms with van der Waals surface area (Å²) in [7, 11) is 3.93. The lowest BCUT2D eigenvalue weighted by atomic mass is 9.97. The Morgan fingerprint density at radius 3 is 2.59 bits per heavy atom. The molecule has 0 radical (unpaired) electrons. The number of carbonyl (C=O) groups excluding carboxylic acids is 1. The van der Waals surface area contributed by atoms with Crippen molar-refractivity contribution >= 4 is 23.4 Å². The van der Waals surface area contributed by atoms with Gasteiger partial charge in [-0.05, 0) is 37.8 Å². The molecule has 27 heavy (non-hydrogen) atoms. The molecule has 6 nitrogen and oxygen atoms in total. The highest BCUT2D eigenvalue weighted by atomic mass is 16.2. The van der Waals surface area contributed by atoms with Gasteiger partial charge in [0, 0.05) is 43.7 Å². The first kappa shape index (κ1) is 16.5. The molecule has 1 aromatic heterocycles. The number of nitrogens with zero attached hydrogens (tertiary/aromatic N) is 4. The van der Waals surface area contributed by atoms with E-state index in [0.717, 1.165) is 54.9 Å². The molecule has 1 amide bonds. The van der Waals surface area contributed by atoms with Gasteiger partial charge in [-0.15, -0.1) is 0 Å². The number of amides is 1. The van der Waals surface area contributed by atoms with Gasteiger partial charge in [0.25, 0.3) is 0 Å². The van der Waals surface area contributed by atoms with Crippen LogP contribution in [0.15, 0.2) is 30.3 Å². The van der Waals surface area contributed by atoms with Crippen molar-refractivity contribution in [2.75, 3.05) is 24.3 Å². The monoisotopic (exact) mass is 363 g/mol. The summed E-state index contributed by atoms with van der Waals surface area (Å²) in [5.74, 6) is 2.15. The van der Waals surface area contributed by atoms with E-state index in [1.165, 1.54) is 0 Å². The smallest absolute Gasteiger partial charge is 0.227 e. The Morgan fingerprint density at radius 1 is 1.11 bits per heavy atom. The summed E-state index contributed by atoms with van der Waals surface area (Å²) in [6.07, 6.45) is 4.99. The minimum absolute atomic E-state index is 0.106. The van der Waals surface area contributed by atoms with Crippen LogP contribution in [0.25, 0.3) is 0 Å². The van der Waals surface area contributed by atoms with Gasteiger partial charge in [0.15, 0.2) is 0 Å². The van der Waals surface area contributed by atoms with Crippen molar-refractivity contribution in [2.24, 2.45) is 5.92 Å². The van der Waals surface area contributed by atoms with Crippen LogP contribution in [-0.2, 0) is 11.2 Å². The van der Waals surface area contributed by atoms with E-state index < -0.39 is 0 Å². The summed E-state index contributed by atoms with van der Waals surface area (Å²) in [5.41, 5.74) is 3.22. The number of hydrogen-bond acceptors (Lipinski definition) is 5. The molecule has 3 heterocycles. The standard InChI is InChI=1S/C21H25N5O/c1-25(2)21-23-16-12-15-10-11-17(26(15)20(27)13-8-9-13)18(16)19(24-21)22-14-6-4-3-5-7-14/h3-7,13,15,17H,8-12H2,1-2H3,(H,22,23,24)/t15-,17-/m0/s1. The fourth-order valence-electron chi connectivity index (χ4n) is 4.43. The summed E-state index contributed by atoms with van der Waals surface area (Å²) in [6.45, 7) is 0. The highest BCUT2D eigenvalue weighted by Gasteiger charge is 2.48. The molecule has 2 aliphatic heterocycles. The SMILES string of the molecule is CN(C)c1nc2c(c(Nc3ccccc3)n1)[C@@H]1CC[C@@H](C2)N1C(=O)C1CC1. The summed E-state index contributed by atoms with van der Waals surface area (Å²) >= 11 is 0. The van der Waals surface area contributed by atoms with Gasteiger partial charge in [0.2, 0.25) is 11.9 Å². The zero-order valence-electron chi connectivity index (χ0n) is 15.9. The molecular formula is C21H25N5O. The molecule has 1 N–H and O–H groups in total. The van der Waals surface area contributed by atoms with Gasteiger partial charge in [-0.25, -0.2) is 4.98 Å². The lowest BCUT2D eigenvalue weighted by molar-refractivity contribution is -0.136. The Labute approximate surface area is 159 Å². The fourth-order valence-corrected chi connectivity index (χ4v) is 4.43. The average Bonchev–Trinajstić information content (AvgIpc) is 3.46. The van der Waals surface area contributed by atoms with Gasteiger partial charge >= 0.3 is 0 Å². The molecule has 2 bridgehead atoms. The van der Waals surface area contributed by atoms with Crippen molar-refractivity contribution in [3.63, 3.8) is 0 Å². The van der Waals surface area contributed by atoms with Crippen molar-refractivity contribution < 1.29 is 4.79 Å². The van der Waals surface area contributed by atoms with Crippen LogP contribution in [0.1, 0.15) is 43.0 Å². The van der Waals surface area contributed by atoms with E-state index in [-0.39, 0.29) is 12.0 Å². The first-order valence-corrected chi connectivity index (χ1v) is 9.84. The van der Waals surface area contributed by atoms with Gasteiger partial charge in [-0.1, -0.05) is 18.2 Å². The Bertz CT molecular complexity index is 878. The Morgan fingerprint density at radius 2 is 1.89 bits per heavy atom. The van der Waals surface area contributed by atoms with Gasteiger partial charge in [0.1, 0.15) is 5.82 Å². The first-order valence-electron chi connectivity index (χ1n) is 9.84. The van der Waals surface area contributed by atoms with E-state index in [1.807, 2.05) is 49.3 Å². The molecule has 2 aromatic rings. The molecule has 0 spiro atoms. The van der Waals surface area contributed by atoms with Crippen molar-refractivity contribution in [1.82, 2.24) is 14.9 Å². The molecule has 1 saturated heterocycles. The van der Waals surface area contributed by atoms with Gasteiger partial charge < -0.3 is 15.1 Å². The summed E-state index contributed by atoms with van der Waals surface area (Å²) in [5, 5.41) is 3.50. The number of aromatic nitrogens is 2. The predicted octanol–water partition coefficient (Wildman–Crippen LogP) is 3.28. The second kappa shape index (κ2) is 6.22. The topological polar surface area (TPSA) is 61.4 Å². The first-order chi connectivity index (χ1) is 13.1. The number of rotatable bonds is 4. The lowest BCUT2D eigenvalue weighted by Crippen LogP contribution is -2.43. The van der Waals surface area contributed by atoms with E-state index in [2.05, 4.69) is 10.2 Å². The van der Waals surface area contributed by atoms with Crippen LogP contribution in [0.3, 0.4) is 0 Å². The molecule has 1 aliphatic carbocycles. The van der Waals surface area contributed by atoms with Crippen LogP contribution >= 0.6 is 0 Å². The predicted molar refractivity (Wildman–Crippen MR) is 105 cm³/mol. The normalized spacial score (nSPS) is 23.1. The third-order valence-corrected chi connectivity index (χ3v) is 5.90. The Hall–Kier alpha value is -2.63. The van der Waals surface area contributed by atoms with Crippen LogP contribution in [0.2, 0.25) is 0 Å². The number of fused-ring (bicyclic) bond motifs is 4. The zero-order valence-corrected chi connectivity index (χ0v) is 15.9. The second-order valence-electron chi connectivity index (χ2n) is 8.09. The highest BCUT2D eigenvalue weighted by molar-refractivity contribution is 5.83. The molecule has 3 aliphatic rings. The largest absolute Gasteiger partial charge is 0.347 e. The van der Waals surface area contributed by atoms with Crippen molar-refractivity contribution in [3.8, 4) is 0 Å². The fraction of sp³-hybridized carbons (Fsp3) is 0.476. The highest BCUT2D eigenvalue weighted by Crippen LogP contribution is 2.48. The number of nitrogens with one attached hydrogen (secondary N) is 1. The van der Waals surface area contributed by atoms with E-state index in [9.17, 15) is 4.79 Å². The minimum Gasteiger partial charge on any atom is -0.347 e. The number of carbonyl (C=O) groups is 1. The quantitative estimate of drug-likeness (QED) is 0.903. The third-order valence-electron chi connectivity index (χ3n) is 5.90. The maximum atomic E-state index is 12.9. The third kappa shape index (κ3) is 2.83. The average molecular weight is 363 g/mol. The van der Waals surface area contributed by atoms with Crippen LogP contribution in [0, 0.1) is 5.92 Å². The minimum atomic E-state index is 0.106. The summed E-state index contributed by atoms with van der Waals surface area (Å²) in [4.78, 5) is 26.7. The Balaban J connectivity index is 1.59. The molecule has 2 fully saturated rings. The number of benzene rings is 1. The molecule has 2 atom stereocenters. The summed E-state index contributed by atoms with van der Waals surface area (Å²) in [6, 6.07) is 10.5. The number of para-hydroxylation sites is 1. The maximum absolute atomic E-state index is 12.9. The number of anilines is 3. The van der Waals surface area contributed by atoms with Gasteiger partial charge in [-0.2, -0.15) is 4.98 Å². The molecular weight excluding hydrogens is 338 g/mol. The molecule has 6 heteroatoms. The van der Waals surface area contributed by atoms with E-state index in [1.54, 1.807) is 0 Å². The molecule has 140 valence electrons.